The number of carbonyl (C=O) groups excluding carboxylic acids is 2. The quantitative estimate of drug-likeness (QED) is 0.391. The van der Waals surface area contributed by atoms with Crippen LogP contribution in [0.15, 0.2) is 71.9 Å². The normalized spacial score (nSPS) is 18.6. The van der Waals surface area contributed by atoms with Crippen molar-refractivity contribution in [3.05, 3.63) is 88.3 Å². The lowest BCUT2D eigenvalue weighted by molar-refractivity contribution is -0.111. The van der Waals surface area contributed by atoms with Crippen LogP contribution in [-0.4, -0.2) is 63.4 Å². The minimum absolute atomic E-state index is 0.0250. The number of fused-ring (bicyclic) bond motifs is 3. The second-order valence-electron chi connectivity index (χ2n) is 9.91. The van der Waals surface area contributed by atoms with Crippen molar-refractivity contribution in [2.24, 2.45) is 5.18 Å². The maximum absolute atomic E-state index is 11.5. The minimum Gasteiger partial charge on any atom is -0.343 e. The topological polar surface area (TPSA) is 82.1 Å². The maximum atomic E-state index is 11.5. The summed E-state index contributed by atoms with van der Waals surface area (Å²) in [6.07, 6.45) is 5.19. The molecule has 2 unspecified atom stereocenters. The minimum atomic E-state index is 0.0250. The summed E-state index contributed by atoms with van der Waals surface area (Å²) in [5, 5.41) is 7.91. The molecule has 3 aromatic rings. The summed E-state index contributed by atoms with van der Waals surface area (Å²) in [5.41, 5.74) is 4.60. The van der Waals surface area contributed by atoms with Gasteiger partial charge >= 0.3 is 0 Å². The molecule has 1 spiro atoms. The molecule has 3 aromatic carbocycles. The molecule has 2 aliphatic rings. The molecule has 37 heavy (non-hydrogen) atoms. The molecule has 0 radical (unpaired) electrons. The van der Waals surface area contributed by atoms with E-state index in [1.165, 1.54) is 35.4 Å². The number of benzene rings is 3. The molecule has 1 fully saturated rings. The molecule has 1 N–H and O–H groups in total. The van der Waals surface area contributed by atoms with E-state index in [-0.39, 0.29) is 11.6 Å². The fourth-order valence-corrected chi connectivity index (χ4v) is 6.11. The summed E-state index contributed by atoms with van der Waals surface area (Å²) in [6.45, 7) is 4.01. The highest BCUT2D eigenvalue weighted by atomic mass is 16.2. The number of rotatable bonds is 6. The van der Waals surface area contributed by atoms with Gasteiger partial charge in [0.2, 0.25) is 6.41 Å². The number of nitroso groups, excluding NO2 is 1. The fraction of sp³-hybridized carbons (Fsp3) is 0.400. The van der Waals surface area contributed by atoms with Gasteiger partial charge < -0.3 is 15.0 Å². The molecule has 7 nitrogen and oxygen atoms in total. The average Bonchev–Trinajstić information content (AvgIpc) is 3.25. The smallest absolute Gasteiger partial charge is 0.208 e. The Balaban J connectivity index is 0.000000711. The third-order valence-corrected chi connectivity index (χ3v) is 7.85. The molecule has 0 bridgehead atoms. The van der Waals surface area contributed by atoms with Gasteiger partial charge in [-0.25, -0.2) is 0 Å². The van der Waals surface area contributed by atoms with Gasteiger partial charge in [0.1, 0.15) is 6.79 Å². The Morgan fingerprint density at radius 1 is 1.05 bits per heavy atom. The first-order chi connectivity index (χ1) is 18.0. The number of likely N-dealkylation sites (tertiary alicyclic amines) is 1. The van der Waals surface area contributed by atoms with Crippen molar-refractivity contribution < 1.29 is 9.59 Å². The molecule has 0 saturated carbocycles. The van der Waals surface area contributed by atoms with E-state index in [0.29, 0.717) is 6.04 Å². The Bertz CT molecular complexity index is 1170. The van der Waals surface area contributed by atoms with E-state index >= 15 is 0 Å². The SMILES string of the molecule is C=O.CN(C)C1CC2(CCN(C(Cc3cccc4ccccc34)NC=O)CC2)c2ccccc21.CN=O. The predicted molar refractivity (Wildman–Crippen MR) is 149 cm³/mol. The summed E-state index contributed by atoms with van der Waals surface area (Å²) in [6, 6.07) is 24.5. The van der Waals surface area contributed by atoms with E-state index < -0.39 is 0 Å². The monoisotopic (exact) mass is 502 g/mol. The van der Waals surface area contributed by atoms with Crippen molar-refractivity contribution >= 4 is 24.0 Å². The van der Waals surface area contributed by atoms with Crippen LogP contribution < -0.4 is 5.32 Å². The van der Waals surface area contributed by atoms with Crippen LogP contribution in [-0.2, 0) is 21.4 Å². The third kappa shape index (κ3) is 6.12. The first-order valence-corrected chi connectivity index (χ1v) is 12.7. The molecular weight excluding hydrogens is 464 g/mol. The van der Waals surface area contributed by atoms with Gasteiger partial charge in [-0.05, 0) is 66.2 Å². The lowest BCUT2D eigenvalue weighted by atomic mass is 9.73. The zero-order valence-electron chi connectivity index (χ0n) is 22.1. The van der Waals surface area contributed by atoms with Gasteiger partial charge in [-0.2, -0.15) is 4.91 Å². The van der Waals surface area contributed by atoms with Crippen LogP contribution in [0.3, 0.4) is 0 Å². The standard InChI is InChI=1S/C28H33N3O.CH3NO.CH2O/c1-30(2)26-19-28(25-13-6-5-12-24(25)26)14-16-31(17-15-28)27(29-20-32)18-22-10-7-9-21-8-3-4-11-23(21)22;1-2-3;1-2/h3-13,20,26-27H,14-19H2,1-2H3,(H,29,32);1H3;1H2. The first-order valence-electron chi connectivity index (χ1n) is 12.7. The van der Waals surface area contributed by atoms with Crippen molar-refractivity contribution in [2.75, 3.05) is 34.2 Å². The van der Waals surface area contributed by atoms with Crippen LogP contribution in [0, 0.1) is 4.91 Å². The van der Waals surface area contributed by atoms with Crippen molar-refractivity contribution in [2.45, 2.75) is 43.3 Å². The number of piperidine rings is 1. The van der Waals surface area contributed by atoms with Gasteiger partial charge in [0.15, 0.2) is 0 Å². The highest BCUT2D eigenvalue weighted by molar-refractivity contribution is 5.85. The predicted octanol–water partition coefficient (Wildman–Crippen LogP) is 4.69. The number of nitrogens with zero attached hydrogens (tertiary/aromatic N) is 3. The molecule has 7 heteroatoms. The lowest BCUT2D eigenvalue weighted by Gasteiger charge is -2.43. The van der Waals surface area contributed by atoms with E-state index in [0.717, 1.165) is 38.8 Å². The van der Waals surface area contributed by atoms with Crippen molar-refractivity contribution in [1.82, 2.24) is 15.1 Å². The van der Waals surface area contributed by atoms with Gasteiger partial charge in [0.05, 0.1) is 13.2 Å². The number of carbonyl (C=O) groups is 2. The molecule has 1 aliphatic carbocycles. The number of hydrogen-bond acceptors (Lipinski definition) is 6. The van der Waals surface area contributed by atoms with Gasteiger partial charge in [0.25, 0.3) is 0 Å². The summed E-state index contributed by atoms with van der Waals surface area (Å²) in [5.74, 6) is 0. The maximum Gasteiger partial charge on any atom is 0.208 e. The second-order valence-corrected chi connectivity index (χ2v) is 9.91. The highest BCUT2D eigenvalue weighted by Crippen LogP contribution is 2.52. The summed E-state index contributed by atoms with van der Waals surface area (Å²) < 4.78 is 0. The molecule has 0 aromatic heterocycles. The van der Waals surface area contributed by atoms with Crippen LogP contribution in [0.2, 0.25) is 0 Å². The molecule has 2 atom stereocenters. The van der Waals surface area contributed by atoms with Crippen molar-refractivity contribution in [3.8, 4) is 0 Å². The summed E-state index contributed by atoms with van der Waals surface area (Å²) in [7, 11) is 5.59. The molecule has 1 saturated heterocycles. The highest BCUT2D eigenvalue weighted by Gasteiger charge is 2.46. The van der Waals surface area contributed by atoms with E-state index in [1.54, 1.807) is 5.56 Å². The van der Waals surface area contributed by atoms with Crippen molar-refractivity contribution in [1.29, 1.82) is 0 Å². The van der Waals surface area contributed by atoms with Crippen LogP contribution in [0.4, 0.5) is 0 Å². The molecule has 1 aliphatic heterocycles. The lowest BCUT2D eigenvalue weighted by Crippen LogP contribution is -2.52. The van der Waals surface area contributed by atoms with Crippen molar-refractivity contribution in [3.63, 3.8) is 0 Å². The second kappa shape index (κ2) is 13.2. The van der Waals surface area contributed by atoms with Crippen LogP contribution in [0.5, 0.6) is 0 Å². The Morgan fingerprint density at radius 3 is 2.35 bits per heavy atom. The van der Waals surface area contributed by atoms with Gasteiger partial charge in [-0.15, -0.1) is 0 Å². The molecule has 1 amide bonds. The molecular formula is C30H38N4O3. The van der Waals surface area contributed by atoms with E-state index in [4.69, 9.17) is 9.70 Å². The zero-order chi connectivity index (χ0) is 26.8. The zero-order valence-corrected chi connectivity index (χ0v) is 22.1. The first kappa shape index (κ1) is 28.2. The number of amides is 1. The summed E-state index contributed by atoms with van der Waals surface area (Å²) in [4.78, 5) is 32.9. The number of hydrogen-bond donors (Lipinski definition) is 1. The largest absolute Gasteiger partial charge is 0.343 e. The molecule has 196 valence electrons. The van der Waals surface area contributed by atoms with Crippen LogP contribution in [0.25, 0.3) is 10.8 Å². The molecule has 1 heterocycles. The fourth-order valence-electron chi connectivity index (χ4n) is 6.11. The van der Waals surface area contributed by atoms with Gasteiger partial charge in [0, 0.05) is 25.6 Å². The third-order valence-electron chi connectivity index (χ3n) is 7.85. The summed E-state index contributed by atoms with van der Waals surface area (Å²) >= 11 is 0. The Hall–Kier alpha value is -3.42. The Labute approximate surface area is 219 Å². The Kier molecular flexibility index (Phi) is 10.1. The van der Waals surface area contributed by atoms with Crippen LogP contribution in [0.1, 0.15) is 42.0 Å². The van der Waals surface area contributed by atoms with Gasteiger partial charge in [-0.3, -0.25) is 9.69 Å². The van der Waals surface area contributed by atoms with Gasteiger partial charge in [-0.1, -0.05) is 71.9 Å². The van der Waals surface area contributed by atoms with E-state index in [9.17, 15) is 4.79 Å². The molecule has 5 rings (SSSR count). The van der Waals surface area contributed by atoms with E-state index in [2.05, 4.69) is 101 Å². The van der Waals surface area contributed by atoms with Crippen LogP contribution >= 0.6 is 0 Å². The Morgan fingerprint density at radius 2 is 1.68 bits per heavy atom. The van der Waals surface area contributed by atoms with E-state index in [1.807, 2.05) is 6.79 Å². The average molecular weight is 503 g/mol. The number of nitrogens with one attached hydrogen (secondary N) is 1.